The topological polar surface area (TPSA) is 33.1 Å². The van der Waals surface area contributed by atoms with Gasteiger partial charge in [0.15, 0.2) is 0 Å². The zero-order valence-electron chi connectivity index (χ0n) is 11.4. The summed E-state index contributed by atoms with van der Waals surface area (Å²) in [5, 5.41) is 7.95. The van der Waals surface area contributed by atoms with Crippen LogP contribution in [0.15, 0.2) is 6.20 Å². The fourth-order valence-corrected chi connectivity index (χ4v) is 2.31. The van der Waals surface area contributed by atoms with E-state index in [1.54, 1.807) is 0 Å². The van der Waals surface area contributed by atoms with Crippen LogP contribution in [0.3, 0.4) is 0 Å². The first-order valence-electron chi connectivity index (χ1n) is 6.51. The molecule has 4 nitrogen and oxygen atoms in total. The van der Waals surface area contributed by atoms with Gasteiger partial charge in [-0.25, -0.2) is 0 Å². The van der Waals surface area contributed by atoms with Crippen LogP contribution >= 0.6 is 0 Å². The van der Waals surface area contributed by atoms with Gasteiger partial charge in [0.2, 0.25) is 0 Å². The fourth-order valence-electron chi connectivity index (χ4n) is 2.31. The molecule has 1 N–H and O–H groups in total. The van der Waals surface area contributed by atoms with E-state index in [0.717, 1.165) is 24.8 Å². The van der Waals surface area contributed by atoms with Crippen LogP contribution in [0.4, 0.5) is 0 Å². The highest BCUT2D eigenvalue weighted by molar-refractivity contribution is 5.19. The Hall–Kier alpha value is -0.870. The Morgan fingerprint density at radius 2 is 2.29 bits per heavy atom. The van der Waals surface area contributed by atoms with Crippen LogP contribution in [-0.4, -0.2) is 40.9 Å². The summed E-state index contributed by atoms with van der Waals surface area (Å²) in [4.78, 5) is 2.45. The van der Waals surface area contributed by atoms with E-state index in [9.17, 15) is 0 Å². The Balaban J connectivity index is 1.76. The minimum atomic E-state index is 0.385. The van der Waals surface area contributed by atoms with Crippen molar-refractivity contribution in [1.29, 1.82) is 0 Å². The summed E-state index contributed by atoms with van der Waals surface area (Å²) in [5.41, 5.74) is 2.43. The molecule has 96 valence electrons. The molecule has 1 saturated carbocycles. The molecule has 0 saturated heterocycles. The molecule has 1 heterocycles. The third-order valence-electron chi connectivity index (χ3n) is 3.60. The van der Waals surface area contributed by atoms with E-state index in [-0.39, 0.29) is 0 Å². The number of aryl methyl sites for hydroxylation is 2. The Kier molecular flexibility index (Phi) is 3.84. The predicted octanol–water partition coefficient (Wildman–Crippen LogP) is 1.47. The minimum absolute atomic E-state index is 0.385. The zero-order valence-corrected chi connectivity index (χ0v) is 11.4. The van der Waals surface area contributed by atoms with E-state index >= 15 is 0 Å². The highest BCUT2D eigenvalue weighted by Gasteiger charge is 2.25. The number of nitrogens with zero attached hydrogens (tertiary/aromatic N) is 3. The van der Waals surface area contributed by atoms with Gasteiger partial charge in [-0.05, 0) is 33.7 Å². The van der Waals surface area contributed by atoms with Gasteiger partial charge in [-0.1, -0.05) is 0 Å². The number of likely N-dealkylation sites (N-methyl/N-ethyl adjacent to an activating group) is 1. The molecule has 4 heteroatoms. The molecule has 17 heavy (non-hydrogen) atoms. The SMILES string of the molecule is Cc1nn(C)cc1C(C)NCCN(C)C1CC1. The van der Waals surface area contributed by atoms with Crippen LogP contribution in [0.5, 0.6) is 0 Å². The quantitative estimate of drug-likeness (QED) is 0.812. The van der Waals surface area contributed by atoms with Gasteiger partial charge in [-0.2, -0.15) is 5.10 Å². The molecule has 1 aromatic heterocycles. The Morgan fingerprint density at radius 3 is 2.82 bits per heavy atom. The van der Waals surface area contributed by atoms with Crippen molar-refractivity contribution in [1.82, 2.24) is 20.0 Å². The lowest BCUT2D eigenvalue weighted by atomic mass is 10.1. The van der Waals surface area contributed by atoms with Gasteiger partial charge < -0.3 is 10.2 Å². The normalized spacial score (nSPS) is 17.7. The third-order valence-corrected chi connectivity index (χ3v) is 3.60. The lowest BCUT2D eigenvalue weighted by Gasteiger charge is -2.18. The predicted molar refractivity (Wildman–Crippen MR) is 70.0 cm³/mol. The van der Waals surface area contributed by atoms with Crippen molar-refractivity contribution in [3.63, 3.8) is 0 Å². The van der Waals surface area contributed by atoms with Crippen molar-refractivity contribution in [2.45, 2.75) is 38.8 Å². The summed E-state index contributed by atoms with van der Waals surface area (Å²) in [6.45, 7) is 6.46. The van der Waals surface area contributed by atoms with Crippen molar-refractivity contribution < 1.29 is 0 Å². The molecular weight excluding hydrogens is 212 g/mol. The fraction of sp³-hybridized carbons (Fsp3) is 0.769. The number of nitrogens with one attached hydrogen (secondary N) is 1. The van der Waals surface area contributed by atoms with E-state index in [1.165, 1.54) is 18.4 Å². The van der Waals surface area contributed by atoms with Crippen LogP contribution in [-0.2, 0) is 7.05 Å². The van der Waals surface area contributed by atoms with E-state index in [0.29, 0.717) is 6.04 Å². The first-order valence-corrected chi connectivity index (χ1v) is 6.51. The summed E-state index contributed by atoms with van der Waals surface area (Å²) >= 11 is 0. The standard InChI is InChI=1S/C13H24N4/c1-10(13-9-17(4)15-11(13)2)14-7-8-16(3)12-5-6-12/h9-10,12,14H,5-8H2,1-4H3. The highest BCUT2D eigenvalue weighted by atomic mass is 15.3. The van der Waals surface area contributed by atoms with Gasteiger partial charge in [-0.15, -0.1) is 0 Å². The largest absolute Gasteiger partial charge is 0.309 e. The monoisotopic (exact) mass is 236 g/mol. The van der Waals surface area contributed by atoms with Crippen LogP contribution < -0.4 is 5.32 Å². The van der Waals surface area contributed by atoms with E-state index in [1.807, 2.05) is 11.7 Å². The highest BCUT2D eigenvalue weighted by Crippen LogP contribution is 2.24. The molecule has 0 spiro atoms. The van der Waals surface area contributed by atoms with Gasteiger partial charge in [-0.3, -0.25) is 4.68 Å². The van der Waals surface area contributed by atoms with Gasteiger partial charge in [0.25, 0.3) is 0 Å². The second kappa shape index (κ2) is 5.19. The summed E-state index contributed by atoms with van der Waals surface area (Å²) < 4.78 is 1.89. The average molecular weight is 236 g/mol. The molecule has 0 radical (unpaired) electrons. The van der Waals surface area contributed by atoms with Gasteiger partial charge in [0, 0.05) is 44.0 Å². The van der Waals surface area contributed by atoms with E-state index in [4.69, 9.17) is 0 Å². The van der Waals surface area contributed by atoms with E-state index in [2.05, 4.69) is 42.4 Å². The number of rotatable bonds is 6. The maximum atomic E-state index is 4.38. The lowest BCUT2D eigenvalue weighted by Crippen LogP contribution is -2.32. The van der Waals surface area contributed by atoms with Crippen LogP contribution in [0.25, 0.3) is 0 Å². The van der Waals surface area contributed by atoms with Crippen LogP contribution in [0.1, 0.15) is 37.1 Å². The van der Waals surface area contributed by atoms with Crippen LogP contribution in [0, 0.1) is 6.92 Å². The molecule has 1 atom stereocenters. The van der Waals surface area contributed by atoms with Crippen molar-refractivity contribution >= 4 is 0 Å². The average Bonchev–Trinajstić information content (AvgIpc) is 3.04. The molecule has 1 aliphatic rings. The van der Waals surface area contributed by atoms with Crippen molar-refractivity contribution in [2.24, 2.45) is 7.05 Å². The lowest BCUT2D eigenvalue weighted by molar-refractivity contribution is 0.316. The Bertz CT molecular complexity index is 367. The summed E-state index contributed by atoms with van der Waals surface area (Å²) in [7, 11) is 4.20. The molecule has 0 amide bonds. The molecule has 2 rings (SSSR count). The Morgan fingerprint density at radius 1 is 1.59 bits per heavy atom. The van der Waals surface area contributed by atoms with E-state index < -0.39 is 0 Å². The third kappa shape index (κ3) is 3.30. The summed E-state index contributed by atoms with van der Waals surface area (Å²) in [5.74, 6) is 0. The second-order valence-electron chi connectivity index (χ2n) is 5.23. The summed E-state index contributed by atoms with van der Waals surface area (Å²) in [6.07, 6.45) is 4.87. The molecule has 1 aliphatic carbocycles. The molecule has 1 fully saturated rings. The van der Waals surface area contributed by atoms with Gasteiger partial charge >= 0.3 is 0 Å². The smallest absolute Gasteiger partial charge is 0.0641 e. The maximum absolute atomic E-state index is 4.38. The minimum Gasteiger partial charge on any atom is -0.309 e. The molecular formula is C13H24N4. The second-order valence-corrected chi connectivity index (χ2v) is 5.23. The number of aromatic nitrogens is 2. The van der Waals surface area contributed by atoms with Crippen molar-refractivity contribution in [3.8, 4) is 0 Å². The Labute approximate surface area is 104 Å². The zero-order chi connectivity index (χ0) is 12.4. The van der Waals surface area contributed by atoms with Crippen LogP contribution in [0.2, 0.25) is 0 Å². The molecule has 0 aliphatic heterocycles. The molecule has 0 aromatic carbocycles. The molecule has 1 unspecified atom stereocenters. The van der Waals surface area contributed by atoms with Gasteiger partial charge in [0.05, 0.1) is 5.69 Å². The molecule has 1 aromatic rings. The number of hydrogen-bond donors (Lipinski definition) is 1. The first-order chi connectivity index (χ1) is 8.08. The first kappa shape index (κ1) is 12.6. The number of hydrogen-bond acceptors (Lipinski definition) is 3. The van der Waals surface area contributed by atoms with Gasteiger partial charge in [0.1, 0.15) is 0 Å². The van der Waals surface area contributed by atoms with Crippen molar-refractivity contribution in [2.75, 3.05) is 20.1 Å². The molecule has 0 bridgehead atoms. The maximum Gasteiger partial charge on any atom is 0.0641 e. The van der Waals surface area contributed by atoms with Crippen molar-refractivity contribution in [3.05, 3.63) is 17.5 Å². The summed E-state index contributed by atoms with van der Waals surface area (Å²) in [6, 6.07) is 1.24.